The highest BCUT2D eigenvalue weighted by Crippen LogP contribution is 2.25. The second-order valence-corrected chi connectivity index (χ2v) is 4.96. The number of benzene rings is 2. The highest BCUT2D eigenvalue weighted by Gasteiger charge is 2.19. The molecule has 0 N–H and O–H groups in total. The Bertz CT molecular complexity index is 618. The third-order valence-corrected chi connectivity index (χ3v) is 3.53. The first-order chi connectivity index (χ1) is 9.04. The molecule has 0 aromatic heterocycles. The van der Waals surface area contributed by atoms with Gasteiger partial charge in [0.25, 0.3) is 0 Å². The van der Waals surface area contributed by atoms with Gasteiger partial charge in [-0.25, -0.2) is 4.39 Å². The van der Waals surface area contributed by atoms with Gasteiger partial charge in [-0.3, -0.25) is 4.79 Å². The molecule has 0 spiro atoms. The highest BCUT2D eigenvalue weighted by molar-refractivity contribution is 9.10. The highest BCUT2D eigenvalue weighted by atomic mass is 79.9. The number of aryl methyl sites for hydroxylation is 1. The van der Waals surface area contributed by atoms with Gasteiger partial charge in [-0.2, -0.15) is 0 Å². The van der Waals surface area contributed by atoms with E-state index in [2.05, 4.69) is 15.9 Å². The smallest absolute Gasteiger partial charge is 0.197 e. The van der Waals surface area contributed by atoms with Gasteiger partial charge >= 0.3 is 0 Å². The number of carbonyl (C=O) groups excluding carboxylic acids is 1. The van der Waals surface area contributed by atoms with E-state index in [0.717, 1.165) is 5.56 Å². The summed E-state index contributed by atoms with van der Waals surface area (Å²) in [6, 6.07) is 9.56. The van der Waals surface area contributed by atoms with Crippen LogP contribution in [0.2, 0.25) is 0 Å². The molecule has 2 nitrogen and oxygen atoms in total. The lowest BCUT2D eigenvalue weighted by Gasteiger charge is -2.09. The molecule has 0 aliphatic carbocycles. The summed E-state index contributed by atoms with van der Waals surface area (Å²) in [5.74, 6) is -0.207. The zero-order valence-corrected chi connectivity index (χ0v) is 12.1. The summed E-state index contributed by atoms with van der Waals surface area (Å²) in [5.41, 5.74) is 1.27. The van der Waals surface area contributed by atoms with Crippen molar-refractivity contribution >= 4 is 21.7 Å². The molecular weight excluding hydrogens is 311 g/mol. The molecule has 0 amide bonds. The van der Waals surface area contributed by atoms with Crippen molar-refractivity contribution in [3.05, 3.63) is 63.4 Å². The maximum Gasteiger partial charge on any atom is 0.197 e. The van der Waals surface area contributed by atoms with Gasteiger partial charge < -0.3 is 4.74 Å². The lowest BCUT2D eigenvalue weighted by atomic mass is 9.98. The predicted molar refractivity (Wildman–Crippen MR) is 75.3 cm³/mol. The molecule has 0 fully saturated rings. The van der Waals surface area contributed by atoms with Crippen molar-refractivity contribution in [1.29, 1.82) is 0 Å². The van der Waals surface area contributed by atoms with Crippen molar-refractivity contribution in [3.8, 4) is 5.75 Å². The Morgan fingerprint density at radius 1 is 1.26 bits per heavy atom. The van der Waals surface area contributed by atoms with E-state index in [1.165, 1.54) is 6.07 Å². The zero-order valence-electron chi connectivity index (χ0n) is 10.5. The minimum Gasteiger partial charge on any atom is -0.497 e. The monoisotopic (exact) mass is 322 g/mol. The van der Waals surface area contributed by atoms with E-state index in [4.69, 9.17) is 4.74 Å². The molecule has 0 unspecified atom stereocenters. The van der Waals surface area contributed by atoms with Crippen LogP contribution in [-0.2, 0) is 0 Å². The average Bonchev–Trinajstić information content (AvgIpc) is 2.38. The fourth-order valence-electron chi connectivity index (χ4n) is 1.87. The molecule has 2 aromatic carbocycles. The van der Waals surface area contributed by atoms with Crippen LogP contribution in [0, 0.1) is 12.7 Å². The van der Waals surface area contributed by atoms with Crippen LogP contribution < -0.4 is 4.74 Å². The van der Waals surface area contributed by atoms with Gasteiger partial charge in [0.2, 0.25) is 0 Å². The summed E-state index contributed by atoms with van der Waals surface area (Å²) >= 11 is 3.21. The first-order valence-corrected chi connectivity index (χ1v) is 6.47. The summed E-state index contributed by atoms with van der Waals surface area (Å²) in [5, 5.41) is 0. The van der Waals surface area contributed by atoms with Gasteiger partial charge in [0.15, 0.2) is 5.78 Å². The summed E-state index contributed by atoms with van der Waals surface area (Å²) in [4.78, 5) is 12.4. The number of halogens is 2. The molecule has 0 aliphatic rings. The summed E-state index contributed by atoms with van der Waals surface area (Å²) < 4.78 is 19.3. The van der Waals surface area contributed by atoms with E-state index >= 15 is 0 Å². The number of ketones is 1. The fraction of sp³-hybridized carbons (Fsp3) is 0.133. The topological polar surface area (TPSA) is 26.3 Å². The molecule has 0 aliphatic heterocycles. The molecule has 98 valence electrons. The van der Waals surface area contributed by atoms with E-state index in [1.54, 1.807) is 44.4 Å². The van der Waals surface area contributed by atoms with Crippen molar-refractivity contribution in [2.24, 2.45) is 0 Å². The van der Waals surface area contributed by atoms with Gasteiger partial charge in [0.05, 0.1) is 12.7 Å². The van der Waals surface area contributed by atoms with Crippen LogP contribution in [0.1, 0.15) is 21.5 Å². The molecule has 0 radical (unpaired) electrons. The molecule has 0 heterocycles. The van der Waals surface area contributed by atoms with Crippen molar-refractivity contribution in [2.75, 3.05) is 7.11 Å². The number of hydrogen-bond donors (Lipinski definition) is 0. The minimum atomic E-state index is -0.533. The molecule has 4 heteroatoms. The van der Waals surface area contributed by atoms with E-state index in [0.29, 0.717) is 15.8 Å². The van der Waals surface area contributed by atoms with E-state index in [9.17, 15) is 9.18 Å². The number of ether oxygens (including phenoxy) is 1. The van der Waals surface area contributed by atoms with Gasteiger partial charge in [0.1, 0.15) is 11.6 Å². The van der Waals surface area contributed by atoms with Crippen molar-refractivity contribution in [1.82, 2.24) is 0 Å². The number of methoxy groups -OCH3 is 1. The molecule has 0 atom stereocenters. The van der Waals surface area contributed by atoms with E-state index < -0.39 is 5.82 Å². The predicted octanol–water partition coefficient (Wildman–Crippen LogP) is 4.14. The quantitative estimate of drug-likeness (QED) is 0.794. The third-order valence-electron chi connectivity index (χ3n) is 2.87. The van der Waals surface area contributed by atoms with Crippen LogP contribution in [0.4, 0.5) is 4.39 Å². The Balaban J connectivity index is 2.51. The van der Waals surface area contributed by atoms with Crippen LogP contribution in [0.3, 0.4) is 0 Å². The summed E-state index contributed by atoms with van der Waals surface area (Å²) in [7, 11) is 1.56. The molecule has 0 saturated carbocycles. The summed E-state index contributed by atoms with van der Waals surface area (Å²) in [6.07, 6.45) is 0. The fourth-order valence-corrected chi connectivity index (χ4v) is 2.39. The molecular formula is C15H12BrFO2. The average molecular weight is 323 g/mol. The normalized spacial score (nSPS) is 10.3. The summed E-state index contributed by atoms with van der Waals surface area (Å²) in [6.45, 7) is 1.80. The van der Waals surface area contributed by atoms with Gasteiger partial charge in [-0.05, 0) is 58.7 Å². The Hall–Kier alpha value is -1.68. The molecule has 0 bridgehead atoms. The second-order valence-electron chi connectivity index (χ2n) is 4.11. The molecule has 19 heavy (non-hydrogen) atoms. The van der Waals surface area contributed by atoms with Gasteiger partial charge in [-0.1, -0.05) is 6.07 Å². The number of hydrogen-bond acceptors (Lipinski definition) is 2. The van der Waals surface area contributed by atoms with Crippen molar-refractivity contribution in [2.45, 2.75) is 6.92 Å². The lowest BCUT2D eigenvalue weighted by molar-refractivity contribution is 0.103. The first-order valence-electron chi connectivity index (χ1n) is 5.68. The van der Waals surface area contributed by atoms with Crippen molar-refractivity contribution in [3.63, 3.8) is 0 Å². The largest absolute Gasteiger partial charge is 0.497 e. The maximum atomic E-state index is 13.8. The SMILES string of the molecule is COc1ccc(C(=O)c2c(F)cccc2Br)c(C)c1. The Kier molecular flexibility index (Phi) is 4.00. The first kappa shape index (κ1) is 13.7. The third kappa shape index (κ3) is 2.68. The molecule has 2 rings (SSSR count). The molecule has 2 aromatic rings. The number of carbonyl (C=O) groups is 1. The Morgan fingerprint density at radius 2 is 2.00 bits per heavy atom. The van der Waals surface area contributed by atoms with Crippen LogP contribution in [0.15, 0.2) is 40.9 Å². The van der Waals surface area contributed by atoms with Crippen molar-refractivity contribution < 1.29 is 13.9 Å². The number of rotatable bonds is 3. The minimum absolute atomic E-state index is 0.0516. The second kappa shape index (κ2) is 5.53. The van der Waals surface area contributed by atoms with Crippen LogP contribution in [-0.4, -0.2) is 12.9 Å². The zero-order chi connectivity index (χ0) is 14.0. The van der Waals surface area contributed by atoms with Crippen LogP contribution in [0.25, 0.3) is 0 Å². The van der Waals surface area contributed by atoms with Crippen LogP contribution in [0.5, 0.6) is 5.75 Å². The Morgan fingerprint density at radius 3 is 2.58 bits per heavy atom. The van der Waals surface area contributed by atoms with Gasteiger partial charge in [-0.15, -0.1) is 0 Å². The van der Waals surface area contributed by atoms with E-state index in [-0.39, 0.29) is 11.3 Å². The van der Waals surface area contributed by atoms with Gasteiger partial charge in [0, 0.05) is 10.0 Å². The lowest BCUT2D eigenvalue weighted by Crippen LogP contribution is -2.07. The van der Waals surface area contributed by atoms with Crippen LogP contribution >= 0.6 is 15.9 Å². The van der Waals surface area contributed by atoms with E-state index in [1.807, 2.05) is 0 Å². The molecule has 0 saturated heterocycles. The Labute approximate surface area is 119 Å². The standard InChI is InChI=1S/C15H12BrFO2/c1-9-8-10(19-2)6-7-11(9)15(18)14-12(16)4-3-5-13(14)17/h3-8H,1-2H3. The maximum absolute atomic E-state index is 13.8.